The molecule has 0 spiro atoms. The summed E-state index contributed by atoms with van der Waals surface area (Å²) in [5.41, 5.74) is 1.99. The summed E-state index contributed by atoms with van der Waals surface area (Å²) in [6.07, 6.45) is -0.679. The molecule has 0 bridgehead atoms. The highest BCUT2D eigenvalue weighted by Crippen LogP contribution is 2.49. The van der Waals surface area contributed by atoms with Crippen molar-refractivity contribution in [2.75, 3.05) is 13.2 Å². The van der Waals surface area contributed by atoms with Crippen LogP contribution in [0.25, 0.3) is 0 Å². The van der Waals surface area contributed by atoms with Gasteiger partial charge in [-0.05, 0) is 62.4 Å². The molecule has 0 saturated carbocycles. The van der Waals surface area contributed by atoms with Gasteiger partial charge < -0.3 is 14.0 Å². The van der Waals surface area contributed by atoms with Crippen molar-refractivity contribution in [3.05, 3.63) is 119 Å². The normalized spacial score (nSPS) is 16.4. The summed E-state index contributed by atoms with van der Waals surface area (Å²) in [4.78, 5) is 0.134. The van der Waals surface area contributed by atoms with Crippen molar-refractivity contribution in [2.24, 2.45) is 0 Å². The van der Waals surface area contributed by atoms with Crippen LogP contribution in [0.3, 0.4) is 0 Å². The van der Waals surface area contributed by atoms with Gasteiger partial charge in [-0.15, -0.1) is 0 Å². The fraction of sp³-hybridized carbons (Fsp3) is 0.200. The molecule has 5 rings (SSSR count). The van der Waals surface area contributed by atoms with Crippen molar-refractivity contribution in [1.82, 2.24) is 4.72 Å². The molecular weight excluding hydrogens is 569 g/mol. The topological polar surface area (TPSA) is 90.9 Å². The molecule has 0 amide bonds. The summed E-state index contributed by atoms with van der Waals surface area (Å²) >= 11 is 6.35. The van der Waals surface area contributed by atoms with Crippen molar-refractivity contribution in [2.45, 2.75) is 31.1 Å². The number of hydrogen-bond acceptors (Lipinski definition) is 6. The van der Waals surface area contributed by atoms with Crippen LogP contribution in [0, 0.1) is 6.92 Å². The third-order valence-corrected chi connectivity index (χ3v) is 10.8. The summed E-state index contributed by atoms with van der Waals surface area (Å²) in [6.45, 7) is 4.42. The number of rotatable bonds is 9. The number of hydrogen-bond donors (Lipinski definition) is 1. The highest BCUT2D eigenvalue weighted by atomic mass is 35.5. The van der Waals surface area contributed by atoms with Gasteiger partial charge >= 0.3 is 7.37 Å². The first-order valence-corrected chi connectivity index (χ1v) is 16.2. The van der Waals surface area contributed by atoms with Crippen molar-refractivity contribution in [3.8, 4) is 5.75 Å². The maximum absolute atomic E-state index is 15.1. The number of nitrogens with one attached hydrogen (secondary N) is 1. The SMILES string of the molecule is Cc1ccc(S(=O)(=O)N[C@@H](C)c2cc(Cl)ccc2O[P@](=O)(c2ccccc2)c2ccccc2C2OCCO2)cc1. The molecule has 0 unspecified atom stereocenters. The first-order chi connectivity index (χ1) is 19.2. The van der Waals surface area contributed by atoms with Crippen LogP contribution in [0.4, 0.5) is 0 Å². The average molecular weight is 598 g/mol. The van der Waals surface area contributed by atoms with Gasteiger partial charge in [0.05, 0.1) is 28.7 Å². The van der Waals surface area contributed by atoms with E-state index in [1.807, 2.05) is 25.1 Å². The lowest BCUT2D eigenvalue weighted by atomic mass is 10.1. The van der Waals surface area contributed by atoms with Gasteiger partial charge in [0.1, 0.15) is 5.75 Å². The Hall–Kier alpha value is -2.97. The Kier molecular flexibility index (Phi) is 8.47. The monoisotopic (exact) mass is 597 g/mol. The molecule has 1 saturated heterocycles. The zero-order valence-electron chi connectivity index (χ0n) is 22.0. The van der Waals surface area contributed by atoms with Gasteiger partial charge in [0, 0.05) is 22.2 Å². The predicted molar refractivity (Wildman–Crippen MR) is 156 cm³/mol. The molecule has 0 aromatic heterocycles. The summed E-state index contributed by atoms with van der Waals surface area (Å²) in [7, 11) is -7.68. The van der Waals surface area contributed by atoms with Crippen LogP contribution in [-0.4, -0.2) is 21.6 Å². The van der Waals surface area contributed by atoms with Crippen molar-refractivity contribution >= 4 is 39.6 Å². The van der Waals surface area contributed by atoms with E-state index in [1.54, 1.807) is 85.8 Å². The third kappa shape index (κ3) is 6.03. The number of sulfonamides is 1. The van der Waals surface area contributed by atoms with Crippen LogP contribution < -0.4 is 19.9 Å². The van der Waals surface area contributed by atoms with E-state index in [9.17, 15) is 8.42 Å². The summed E-state index contributed by atoms with van der Waals surface area (Å²) in [5.74, 6) is 0.235. The Bertz CT molecular complexity index is 1640. The van der Waals surface area contributed by atoms with Crippen molar-refractivity contribution in [1.29, 1.82) is 0 Å². The van der Waals surface area contributed by atoms with E-state index >= 15 is 4.57 Å². The molecule has 40 heavy (non-hydrogen) atoms. The molecule has 4 aromatic carbocycles. The van der Waals surface area contributed by atoms with Crippen LogP contribution in [0.15, 0.2) is 102 Å². The zero-order chi connectivity index (χ0) is 28.3. The molecule has 1 fully saturated rings. The van der Waals surface area contributed by atoms with Gasteiger partial charge in [0.25, 0.3) is 0 Å². The standard InChI is InChI=1S/C30H29ClNO6PS/c1-21-12-15-25(16-13-21)40(34,35)32-22(2)27-20-23(31)14-17-28(27)38-39(33,24-8-4-3-5-9-24)29-11-7-6-10-26(29)30-36-18-19-37-30/h3-17,20,22,30,32H,18-19H2,1-2H3/t22-,39+/m0/s1. The molecule has 208 valence electrons. The minimum absolute atomic E-state index is 0.134. The molecule has 2 atom stereocenters. The van der Waals surface area contributed by atoms with Crippen LogP contribution >= 0.6 is 19.0 Å². The van der Waals surface area contributed by atoms with Crippen LogP contribution in [0.5, 0.6) is 5.75 Å². The number of ether oxygens (including phenoxy) is 2. The Morgan fingerprint density at radius 1 is 0.925 bits per heavy atom. The van der Waals surface area contributed by atoms with Crippen LogP contribution in [0.2, 0.25) is 5.02 Å². The fourth-order valence-electron chi connectivity index (χ4n) is 4.52. The molecule has 0 aliphatic carbocycles. The van der Waals surface area contributed by atoms with Crippen LogP contribution in [0.1, 0.15) is 35.9 Å². The molecule has 0 radical (unpaired) electrons. The minimum atomic E-state index is -3.87. The zero-order valence-corrected chi connectivity index (χ0v) is 24.5. The van der Waals surface area contributed by atoms with E-state index in [0.29, 0.717) is 40.0 Å². The van der Waals surface area contributed by atoms with E-state index in [-0.39, 0.29) is 10.6 Å². The van der Waals surface area contributed by atoms with Gasteiger partial charge in [-0.3, -0.25) is 4.57 Å². The second-order valence-corrected chi connectivity index (χ2v) is 13.9. The van der Waals surface area contributed by atoms with Gasteiger partial charge in [-0.25, -0.2) is 13.1 Å². The van der Waals surface area contributed by atoms with Gasteiger partial charge in [0.15, 0.2) is 6.29 Å². The molecule has 1 heterocycles. The average Bonchev–Trinajstić information content (AvgIpc) is 3.49. The molecular formula is C30H29ClNO6PS. The number of aryl methyl sites for hydroxylation is 1. The highest BCUT2D eigenvalue weighted by Gasteiger charge is 2.37. The minimum Gasteiger partial charge on any atom is -0.436 e. The molecule has 4 aromatic rings. The van der Waals surface area contributed by atoms with E-state index < -0.39 is 29.7 Å². The van der Waals surface area contributed by atoms with Crippen LogP contribution in [-0.2, 0) is 24.1 Å². The second kappa shape index (κ2) is 11.9. The van der Waals surface area contributed by atoms with Gasteiger partial charge in [-0.1, -0.05) is 65.7 Å². The molecule has 1 aliphatic rings. The Balaban J connectivity index is 1.57. The third-order valence-electron chi connectivity index (χ3n) is 6.55. The first kappa shape index (κ1) is 28.6. The maximum Gasteiger partial charge on any atom is 0.307 e. The lowest BCUT2D eigenvalue weighted by Crippen LogP contribution is -2.28. The fourth-order valence-corrected chi connectivity index (χ4v) is 8.21. The Morgan fingerprint density at radius 2 is 1.57 bits per heavy atom. The first-order valence-electron chi connectivity index (χ1n) is 12.7. The highest BCUT2D eigenvalue weighted by molar-refractivity contribution is 7.89. The molecule has 7 nitrogen and oxygen atoms in total. The van der Waals surface area contributed by atoms with Gasteiger partial charge in [-0.2, -0.15) is 0 Å². The van der Waals surface area contributed by atoms with E-state index in [0.717, 1.165) is 5.56 Å². The molecule has 10 heteroatoms. The van der Waals surface area contributed by atoms with Gasteiger partial charge in [0.2, 0.25) is 10.0 Å². The summed E-state index contributed by atoms with van der Waals surface area (Å²) < 4.78 is 62.1. The molecule has 1 aliphatic heterocycles. The molecule has 1 N–H and O–H groups in total. The summed E-state index contributed by atoms with van der Waals surface area (Å²) in [5, 5.41) is 1.28. The quantitative estimate of drug-likeness (QED) is 0.237. The number of halogens is 1. The second-order valence-electron chi connectivity index (χ2n) is 9.45. The Morgan fingerprint density at radius 3 is 2.27 bits per heavy atom. The predicted octanol–water partition coefficient (Wildman–Crippen LogP) is 6.04. The maximum atomic E-state index is 15.1. The Labute approximate surface area is 239 Å². The smallest absolute Gasteiger partial charge is 0.307 e. The summed E-state index contributed by atoms with van der Waals surface area (Å²) in [6, 6.07) is 26.7. The van der Waals surface area contributed by atoms with E-state index in [4.69, 9.17) is 25.6 Å². The lowest BCUT2D eigenvalue weighted by molar-refractivity contribution is -0.0434. The van der Waals surface area contributed by atoms with Crippen molar-refractivity contribution < 1.29 is 27.0 Å². The van der Waals surface area contributed by atoms with E-state index in [1.165, 1.54) is 0 Å². The number of benzene rings is 4. The largest absolute Gasteiger partial charge is 0.436 e. The van der Waals surface area contributed by atoms with Crippen molar-refractivity contribution in [3.63, 3.8) is 0 Å². The van der Waals surface area contributed by atoms with E-state index in [2.05, 4.69) is 4.72 Å². The lowest BCUT2D eigenvalue weighted by Gasteiger charge is -2.26.